The van der Waals surface area contributed by atoms with E-state index < -0.39 is 18.4 Å². The number of fused-ring (bicyclic) bond motifs is 1. The molecule has 1 aliphatic rings. The van der Waals surface area contributed by atoms with E-state index in [9.17, 15) is 9.90 Å². The Bertz CT molecular complexity index is 569. The number of rotatable bonds is 6. The van der Waals surface area contributed by atoms with Crippen LogP contribution in [0.5, 0.6) is 0 Å². The van der Waals surface area contributed by atoms with Crippen LogP contribution in [-0.4, -0.2) is 49.4 Å². The zero-order valence-corrected chi connectivity index (χ0v) is 15.0. The van der Waals surface area contributed by atoms with Gasteiger partial charge in [-0.3, -0.25) is 4.90 Å². The summed E-state index contributed by atoms with van der Waals surface area (Å²) < 4.78 is 16.4. The van der Waals surface area contributed by atoms with Crippen molar-refractivity contribution in [3.05, 3.63) is 35.4 Å². The molecule has 0 radical (unpaired) electrons. The average Bonchev–Trinajstić information content (AvgIpc) is 2.86. The Labute approximate surface area is 143 Å². The van der Waals surface area contributed by atoms with E-state index in [-0.39, 0.29) is 18.3 Å². The van der Waals surface area contributed by atoms with Gasteiger partial charge < -0.3 is 19.3 Å². The Morgan fingerprint density at radius 3 is 2.54 bits per heavy atom. The Balaban J connectivity index is 2.45. The van der Waals surface area contributed by atoms with E-state index in [1.807, 2.05) is 45.0 Å². The SMILES string of the molecule is COCO[C@@H]1Cc2ccccc2[C@H]1N(C(=O)O)C(OC)C(C)(C)C. The molecule has 0 saturated heterocycles. The highest BCUT2D eigenvalue weighted by atomic mass is 16.7. The minimum absolute atomic E-state index is 0.121. The van der Waals surface area contributed by atoms with E-state index in [1.165, 1.54) is 12.0 Å². The molecule has 0 spiro atoms. The van der Waals surface area contributed by atoms with Gasteiger partial charge in [0.25, 0.3) is 0 Å². The third-order valence-corrected chi connectivity index (χ3v) is 4.28. The van der Waals surface area contributed by atoms with Crippen LogP contribution in [0.15, 0.2) is 24.3 Å². The molecule has 3 atom stereocenters. The highest BCUT2D eigenvalue weighted by Gasteiger charge is 2.45. The summed E-state index contributed by atoms with van der Waals surface area (Å²) in [6.45, 7) is 6.00. The summed E-state index contributed by atoms with van der Waals surface area (Å²) in [7, 11) is 3.09. The van der Waals surface area contributed by atoms with Gasteiger partial charge in [-0.15, -0.1) is 0 Å². The van der Waals surface area contributed by atoms with Gasteiger partial charge in [0.05, 0.1) is 12.1 Å². The monoisotopic (exact) mass is 337 g/mol. The number of carboxylic acid groups (broad SMARTS) is 1. The predicted octanol–water partition coefficient (Wildman–Crippen LogP) is 3.27. The number of hydrogen-bond donors (Lipinski definition) is 1. The topological polar surface area (TPSA) is 68.2 Å². The first-order valence-electron chi connectivity index (χ1n) is 8.03. The van der Waals surface area contributed by atoms with E-state index in [0.717, 1.165) is 11.1 Å². The molecular weight excluding hydrogens is 310 g/mol. The fraction of sp³-hybridized carbons (Fsp3) is 0.611. The highest BCUT2D eigenvalue weighted by Crippen LogP contribution is 2.41. The Morgan fingerprint density at radius 1 is 1.33 bits per heavy atom. The van der Waals surface area contributed by atoms with Gasteiger partial charge in [-0.2, -0.15) is 0 Å². The maximum Gasteiger partial charge on any atom is 0.410 e. The number of nitrogens with zero attached hydrogens (tertiary/aromatic N) is 1. The Hall–Kier alpha value is -1.63. The lowest BCUT2D eigenvalue weighted by molar-refractivity contribution is -0.142. The lowest BCUT2D eigenvalue weighted by atomic mass is 9.91. The minimum Gasteiger partial charge on any atom is -0.465 e. The zero-order valence-electron chi connectivity index (χ0n) is 15.0. The quantitative estimate of drug-likeness (QED) is 0.807. The summed E-state index contributed by atoms with van der Waals surface area (Å²) in [6.07, 6.45) is -1.28. The smallest absolute Gasteiger partial charge is 0.410 e. The average molecular weight is 337 g/mol. The van der Waals surface area contributed by atoms with Gasteiger partial charge in [-0.1, -0.05) is 45.0 Å². The highest BCUT2D eigenvalue weighted by molar-refractivity contribution is 5.67. The summed E-state index contributed by atoms with van der Waals surface area (Å²) >= 11 is 0. The third-order valence-electron chi connectivity index (χ3n) is 4.28. The molecule has 1 amide bonds. The van der Waals surface area contributed by atoms with Gasteiger partial charge in [-0.25, -0.2) is 4.79 Å². The Morgan fingerprint density at radius 2 is 2.00 bits per heavy atom. The van der Waals surface area contributed by atoms with E-state index in [4.69, 9.17) is 14.2 Å². The Kier molecular flexibility index (Phi) is 5.85. The molecule has 0 aliphatic heterocycles. The number of hydrogen-bond acceptors (Lipinski definition) is 4. The zero-order chi connectivity index (χ0) is 17.9. The molecule has 0 heterocycles. The van der Waals surface area contributed by atoms with Crippen LogP contribution >= 0.6 is 0 Å². The van der Waals surface area contributed by atoms with Crippen molar-refractivity contribution >= 4 is 6.09 Å². The molecule has 1 N–H and O–H groups in total. The van der Waals surface area contributed by atoms with Crippen molar-refractivity contribution < 1.29 is 24.1 Å². The van der Waals surface area contributed by atoms with Crippen molar-refractivity contribution in [2.75, 3.05) is 21.0 Å². The minimum atomic E-state index is -1.02. The van der Waals surface area contributed by atoms with Crippen LogP contribution < -0.4 is 0 Å². The summed E-state index contributed by atoms with van der Waals surface area (Å²) in [5, 5.41) is 9.93. The van der Waals surface area contributed by atoms with Gasteiger partial charge in [0.1, 0.15) is 13.0 Å². The third kappa shape index (κ3) is 3.71. The van der Waals surface area contributed by atoms with Gasteiger partial charge in [0, 0.05) is 26.1 Å². The molecule has 0 bridgehead atoms. The van der Waals surface area contributed by atoms with Crippen LogP contribution in [0.25, 0.3) is 0 Å². The standard InChI is InChI=1S/C18H27NO5/c1-18(2,3)16(23-5)19(17(20)21)15-13-9-7-6-8-12(13)10-14(15)24-11-22-4/h6-9,14-16H,10-11H2,1-5H3,(H,20,21)/t14-,15-,16?/m1/s1. The first-order valence-corrected chi connectivity index (χ1v) is 8.03. The van der Waals surface area contributed by atoms with Crippen molar-refractivity contribution in [1.82, 2.24) is 4.90 Å². The van der Waals surface area contributed by atoms with Crippen LogP contribution in [0.2, 0.25) is 0 Å². The second kappa shape index (κ2) is 7.51. The van der Waals surface area contributed by atoms with Crippen LogP contribution in [0.4, 0.5) is 4.79 Å². The normalized spacial score (nSPS) is 21.4. The summed E-state index contributed by atoms with van der Waals surface area (Å²) in [4.78, 5) is 13.5. The summed E-state index contributed by atoms with van der Waals surface area (Å²) in [5.74, 6) is 0. The van der Waals surface area contributed by atoms with Crippen LogP contribution in [0.1, 0.15) is 37.9 Å². The molecule has 2 rings (SSSR count). The van der Waals surface area contributed by atoms with Crippen molar-refractivity contribution in [3.63, 3.8) is 0 Å². The van der Waals surface area contributed by atoms with Gasteiger partial charge in [0.2, 0.25) is 0 Å². The predicted molar refractivity (Wildman–Crippen MR) is 89.8 cm³/mol. The molecule has 1 aromatic rings. The second-order valence-corrected chi connectivity index (χ2v) is 7.10. The number of benzene rings is 1. The summed E-state index contributed by atoms with van der Waals surface area (Å²) in [5.41, 5.74) is 1.68. The number of amides is 1. The van der Waals surface area contributed by atoms with Crippen molar-refractivity contribution in [2.24, 2.45) is 5.41 Å². The molecule has 0 saturated carbocycles. The van der Waals surface area contributed by atoms with Gasteiger partial charge >= 0.3 is 6.09 Å². The van der Waals surface area contributed by atoms with E-state index in [2.05, 4.69) is 0 Å². The van der Waals surface area contributed by atoms with Crippen molar-refractivity contribution in [3.8, 4) is 0 Å². The number of ether oxygens (including phenoxy) is 3. The van der Waals surface area contributed by atoms with Crippen LogP contribution in [0, 0.1) is 5.41 Å². The van der Waals surface area contributed by atoms with E-state index >= 15 is 0 Å². The van der Waals surface area contributed by atoms with E-state index in [0.29, 0.717) is 6.42 Å². The van der Waals surface area contributed by atoms with E-state index in [1.54, 1.807) is 7.11 Å². The molecule has 0 aromatic heterocycles. The fourth-order valence-electron chi connectivity index (χ4n) is 3.42. The first-order chi connectivity index (χ1) is 11.3. The van der Waals surface area contributed by atoms with Crippen LogP contribution in [-0.2, 0) is 20.6 Å². The molecule has 1 aliphatic carbocycles. The lowest BCUT2D eigenvalue weighted by Crippen LogP contribution is -2.52. The molecule has 6 nitrogen and oxygen atoms in total. The molecule has 0 fully saturated rings. The molecule has 134 valence electrons. The number of methoxy groups -OCH3 is 2. The molecular formula is C18H27NO5. The fourth-order valence-corrected chi connectivity index (χ4v) is 3.42. The maximum atomic E-state index is 12.1. The number of carbonyl (C=O) groups is 1. The maximum absolute atomic E-state index is 12.1. The summed E-state index contributed by atoms with van der Waals surface area (Å²) in [6, 6.07) is 7.41. The van der Waals surface area contributed by atoms with Gasteiger partial charge in [-0.05, 0) is 11.1 Å². The molecule has 1 unspecified atom stereocenters. The van der Waals surface area contributed by atoms with Crippen molar-refractivity contribution in [2.45, 2.75) is 45.6 Å². The van der Waals surface area contributed by atoms with Crippen molar-refractivity contribution in [1.29, 1.82) is 0 Å². The molecule has 1 aromatic carbocycles. The second-order valence-electron chi connectivity index (χ2n) is 7.10. The van der Waals surface area contributed by atoms with Crippen LogP contribution in [0.3, 0.4) is 0 Å². The lowest BCUT2D eigenvalue weighted by Gasteiger charge is -2.42. The van der Waals surface area contributed by atoms with Gasteiger partial charge in [0.15, 0.2) is 0 Å². The largest absolute Gasteiger partial charge is 0.465 e. The molecule has 6 heteroatoms. The first kappa shape index (κ1) is 18.7. The molecule has 24 heavy (non-hydrogen) atoms.